The number of aromatic hydroxyl groups is 1. The molecule has 11 heteroatoms. The highest BCUT2D eigenvalue weighted by Crippen LogP contribution is 2.65. The summed E-state index contributed by atoms with van der Waals surface area (Å²) < 4.78 is 5.51. The molecular formula is C39H37ClN2O8. The summed E-state index contributed by atoms with van der Waals surface area (Å²) in [5, 5.41) is 21.1. The van der Waals surface area contributed by atoms with Crippen LogP contribution in [0, 0.1) is 23.7 Å². The van der Waals surface area contributed by atoms with Gasteiger partial charge in [-0.1, -0.05) is 78.2 Å². The number of allylic oxidation sites excluding steroid dienone is 2. The predicted molar refractivity (Wildman–Crippen MR) is 184 cm³/mol. The Morgan fingerprint density at radius 3 is 2.40 bits per heavy atom. The van der Waals surface area contributed by atoms with Crippen LogP contribution in [0.2, 0.25) is 5.02 Å². The molecule has 0 radical (unpaired) electrons. The molecule has 3 aromatic rings. The maximum absolute atomic E-state index is 15.3. The number of para-hydroxylation sites is 1. The third-order valence-corrected chi connectivity index (χ3v) is 11.3. The molecule has 0 bridgehead atoms. The number of rotatable bonds is 10. The van der Waals surface area contributed by atoms with E-state index in [1.165, 1.54) is 16.9 Å². The number of aliphatic carboxylic acids is 1. The second-order valence-electron chi connectivity index (χ2n) is 13.5. The summed E-state index contributed by atoms with van der Waals surface area (Å²) in [4.78, 5) is 71.5. The number of ether oxygens (including phenoxy) is 1. The van der Waals surface area contributed by atoms with Gasteiger partial charge < -0.3 is 14.9 Å². The predicted octanol–water partition coefficient (Wildman–Crippen LogP) is 5.86. The lowest BCUT2D eigenvalue weighted by atomic mass is 9.49. The van der Waals surface area contributed by atoms with E-state index in [0.717, 1.165) is 5.57 Å². The van der Waals surface area contributed by atoms with Gasteiger partial charge in [0.15, 0.2) is 11.5 Å². The number of carbonyl (C=O) groups excluding carboxylic acids is 4. The minimum atomic E-state index is -1.52. The maximum atomic E-state index is 15.3. The number of benzene rings is 3. The molecule has 0 spiro atoms. The number of phenolic OH excluding ortho intramolecular Hbond substituents is 1. The van der Waals surface area contributed by atoms with Crippen molar-refractivity contribution in [3.63, 3.8) is 0 Å². The number of carboxylic acids is 1. The van der Waals surface area contributed by atoms with Crippen LogP contribution in [0.15, 0.2) is 84.4 Å². The van der Waals surface area contributed by atoms with Crippen molar-refractivity contribution in [1.82, 2.24) is 4.90 Å². The van der Waals surface area contributed by atoms with Gasteiger partial charge in [0.2, 0.25) is 23.6 Å². The minimum absolute atomic E-state index is 0.0184. The van der Waals surface area contributed by atoms with Gasteiger partial charge in [-0.2, -0.15) is 0 Å². The lowest BCUT2D eigenvalue weighted by Gasteiger charge is -2.50. The first-order valence-corrected chi connectivity index (χ1v) is 17.3. The fourth-order valence-electron chi connectivity index (χ4n) is 9.03. The number of nitrogens with zero attached hydrogens (tertiary/aromatic N) is 2. The summed E-state index contributed by atoms with van der Waals surface area (Å²) in [5.41, 5.74) is 0.511. The van der Waals surface area contributed by atoms with Crippen molar-refractivity contribution in [2.45, 2.75) is 49.9 Å². The Labute approximate surface area is 294 Å². The number of carboxylic acid groups (broad SMARTS) is 1. The van der Waals surface area contributed by atoms with E-state index in [4.69, 9.17) is 21.4 Å². The highest BCUT2D eigenvalue weighted by Gasteiger charge is 2.70. The van der Waals surface area contributed by atoms with E-state index >= 15 is 4.79 Å². The molecule has 7 rings (SSSR count). The molecule has 2 heterocycles. The second kappa shape index (κ2) is 13.1. The molecule has 6 atom stereocenters. The molecule has 2 N–H and O–H groups in total. The first-order valence-electron chi connectivity index (χ1n) is 16.9. The molecule has 2 aliphatic heterocycles. The van der Waals surface area contributed by atoms with Gasteiger partial charge in [0.05, 0.1) is 36.0 Å². The van der Waals surface area contributed by atoms with Crippen molar-refractivity contribution < 1.29 is 38.9 Å². The zero-order chi connectivity index (χ0) is 35.3. The fourth-order valence-corrected chi connectivity index (χ4v) is 9.22. The maximum Gasteiger partial charge on any atom is 0.303 e. The standard InChI is InChI=1S/C39H37ClN2O8/c1-50-30-15-9-14-27(34(30)45)33-25-17-18-26-32(37(48)41(35(26)46)19-7-3-6-16-31(43)44)28(25)21-29-36(47)42(24-13-8-12-23(40)20-24)38(49)39(29,33)22-10-4-2-5-11-22/h2,4-5,8-15,17,20,26,28-29,32-33,45H,3,6-7,16,18-19,21H2,1H3,(H,43,44). The average Bonchev–Trinajstić information content (AvgIpc) is 3.49. The van der Waals surface area contributed by atoms with Gasteiger partial charge in [-0.15, -0.1) is 0 Å². The molecule has 4 amide bonds. The van der Waals surface area contributed by atoms with Crippen molar-refractivity contribution in [3.8, 4) is 11.5 Å². The van der Waals surface area contributed by atoms with Crippen LogP contribution in [-0.4, -0.2) is 58.4 Å². The van der Waals surface area contributed by atoms with Crippen LogP contribution in [0.3, 0.4) is 0 Å². The molecule has 2 aliphatic carbocycles. The van der Waals surface area contributed by atoms with Crippen molar-refractivity contribution >= 4 is 46.9 Å². The van der Waals surface area contributed by atoms with Gasteiger partial charge in [-0.05, 0) is 61.4 Å². The van der Waals surface area contributed by atoms with E-state index in [0.29, 0.717) is 41.1 Å². The zero-order valence-electron chi connectivity index (χ0n) is 27.5. The first-order chi connectivity index (χ1) is 24.1. The Kier molecular flexibility index (Phi) is 8.76. The van der Waals surface area contributed by atoms with Crippen molar-refractivity contribution in [2.75, 3.05) is 18.6 Å². The number of anilines is 1. The number of methoxy groups -OCH3 is 1. The Balaban J connectivity index is 1.38. The number of amides is 4. The highest BCUT2D eigenvalue weighted by molar-refractivity contribution is 6.32. The summed E-state index contributed by atoms with van der Waals surface area (Å²) >= 11 is 6.37. The van der Waals surface area contributed by atoms with Gasteiger partial charge in [0.1, 0.15) is 0 Å². The van der Waals surface area contributed by atoms with Crippen LogP contribution in [0.25, 0.3) is 0 Å². The molecule has 0 aromatic heterocycles. The number of hydrogen-bond acceptors (Lipinski definition) is 7. The number of halogens is 1. The zero-order valence-corrected chi connectivity index (χ0v) is 28.2. The number of fused-ring (bicyclic) bond motifs is 4. The summed E-state index contributed by atoms with van der Waals surface area (Å²) in [6, 6.07) is 20.7. The number of unbranched alkanes of at least 4 members (excludes halogenated alkanes) is 2. The highest BCUT2D eigenvalue weighted by atomic mass is 35.5. The average molecular weight is 697 g/mol. The lowest BCUT2D eigenvalue weighted by Crippen LogP contribution is -2.53. The molecule has 4 aliphatic rings. The van der Waals surface area contributed by atoms with Crippen molar-refractivity contribution in [3.05, 3.63) is 101 Å². The monoisotopic (exact) mass is 696 g/mol. The van der Waals surface area contributed by atoms with Gasteiger partial charge in [-0.25, -0.2) is 4.90 Å². The summed E-state index contributed by atoms with van der Waals surface area (Å²) in [6.07, 6.45) is 3.84. The Bertz CT molecular complexity index is 1930. The van der Waals surface area contributed by atoms with E-state index in [9.17, 15) is 24.3 Å². The van der Waals surface area contributed by atoms with Gasteiger partial charge >= 0.3 is 5.97 Å². The number of phenols is 1. The number of hydrogen-bond donors (Lipinski definition) is 2. The van der Waals surface area contributed by atoms with Crippen LogP contribution in [0.4, 0.5) is 5.69 Å². The normalized spacial score (nSPS) is 27.2. The van der Waals surface area contributed by atoms with Gasteiger partial charge in [0.25, 0.3) is 0 Å². The fraction of sp³-hybridized carbons (Fsp3) is 0.359. The van der Waals surface area contributed by atoms with E-state index in [-0.39, 0.29) is 49.1 Å². The molecule has 6 unspecified atom stereocenters. The summed E-state index contributed by atoms with van der Waals surface area (Å²) in [5.74, 6) is -6.18. The van der Waals surface area contributed by atoms with Crippen LogP contribution < -0.4 is 9.64 Å². The summed E-state index contributed by atoms with van der Waals surface area (Å²) in [7, 11) is 1.44. The molecule has 50 heavy (non-hydrogen) atoms. The second-order valence-corrected chi connectivity index (χ2v) is 14.0. The van der Waals surface area contributed by atoms with E-state index in [1.807, 2.05) is 36.4 Å². The van der Waals surface area contributed by atoms with E-state index in [2.05, 4.69) is 0 Å². The van der Waals surface area contributed by atoms with Crippen LogP contribution in [0.5, 0.6) is 11.5 Å². The Morgan fingerprint density at radius 2 is 1.68 bits per heavy atom. The first kappa shape index (κ1) is 33.5. The quantitative estimate of drug-likeness (QED) is 0.153. The van der Waals surface area contributed by atoms with E-state index in [1.54, 1.807) is 42.5 Å². The topological polar surface area (TPSA) is 142 Å². The van der Waals surface area contributed by atoms with E-state index < -0.39 is 52.8 Å². The lowest BCUT2D eigenvalue weighted by molar-refractivity contribution is -0.141. The molecule has 1 saturated carbocycles. The molecule has 2 saturated heterocycles. The molecule has 3 fully saturated rings. The number of imide groups is 2. The number of carbonyl (C=O) groups is 5. The molecule has 10 nitrogen and oxygen atoms in total. The van der Waals surface area contributed by atoms with Crippen molar-refractivity contribution in [1.29, 1.82) is 0 Å². The van der Waals surface area contributed by atoms with Crippen LogP contribution in [0.1, 0.15) is 55.6 Å². The van der Waals surface area contributed by atoms with Crippen LogP contribution >= 0.6 is 11.6 Å². The van der Waals surface area contributed by atoms with Crippen LogP contribution in [-0.2, 0) is 29.4 Å². The van der Waals surface area contributed by atoms with Crippen molar-refractivity contribution in [2.24, 2.45) is 23.7 Å². The third kappa shape index (κ3) is 5.11. The Morgan fingerprint density at radius 1 is 0.920 bits per heavy atom. The summed E-state index contributed by atoms with van der Waals surface area (Å²) in [6.45, 7) is 0.184. The smallest absolute Gasteiger partial charge is 0.303 e. The molecule has 3 aromatic carbocycles. The third-order valence-electron chi connectivity index (χ3n) is 11.1. The SMILES string of the molecule is COc1cccc(C2C3=CCC4C(=O)N(CCCCCC(=O)O)C(=O)C4C3CC3C(=O)N(c4cccc(Cl)c4)C(=O)C32c2ccccc2)c1O. The minimum Gasteiger partial charge on any atom is -0.504 e. The van der Waals surface area contributed by atoms with Gasteiger partial charge in [-0.3, -0.25) is 28.9 Å². The Hall–Kier alpha value is -4.96. The van der Waals surface area contributed by atoms with Gasteiger partial charge in [0, 0.05) is 29.5 Å². The number of likely N-dealkylation sites (tertiary alicyclic amines) is 1. The molecular weight excluding hydrogens is 660 g/mol. The molecule has 258 valence electrons. The largest absolute Gasteiger partial charge is 0.504 e.